The summed E-state index contributed by atoms with van der Waals surface area (Å²) >= 11 is 0. The molecule has 2 fully saturated rings. The van der Waals surface area contributed by atoms with E-state index in [2.05, 4.69) is 5.32 Å². The van der Waals surface area contributed by atoms with Crippen LogP contribution >= 0.6 is 0 Å². The highest BCUT2D eigenvalue weighted by atomic mass is 19.1. The first kappa shape index (κ1) is 15.1. The molecule has 3 nitrogen and oxygen atoms in total. The molecule has 5 heteroatoms. The van der Waals surface area contributed by atoms with E-state index in [1.807, 2.05) is 20.8 Å². The van der Waals surface area contributed by atoms with E-state index in [1.54, 1.807) is 0 Å². The zero-order valence-electron chi connectivity index (χ0n) is 12.9. The summed E-state index contributed by atoms with van der Waals surface area (Å²) in [6.07, 6.45) is 1.40. The fraction of sp³-hybridized carbons (Fsp3) is 0.529. The molecule has 0 aromatic heterocycles. The van der Waals surface area contributed by atoms with Crippen LogP contribution in [0.2, 0.25) is 0 Å². The lowest BCUT2D eigenvalue weighted by Crippen LogP contribution is -2.43. The molecule has 0 radical (unpaired) electrons. The first-order valence-electron chi connectivity index (χ1n) is 7.44. The van der Waals surface area contributed by atoms with Gasteiger partial charge < -0.3 is 5.32 Å². The molecule has 2 atom stereocenters. The fourth-order valence-electron chi connectivity index (χ4n) is 4.20. The summed E-state index contributed by atoms with van der Waals surface area (Å²) in [7, 11) is 0. The highest BCUT2D eigenvalue weighted by molar-refractivity contribution is 6.04. The Labute approximate surface area is 128 Å². The number of hydrogen-bond acceptors (Lipinski definition) is 2. The monoisotopic (exact) mass is 307 g/mol. The molecular weight excluding hydrogens is 288 g/mol. The standard InChI is InChI=1S/C17H19F2NO2/c1-15(2)16(3)6-7-17(15,9-13(16)21)14(22)20-12-8-10(18)4-5-11(12)19/h4-5,8H,6-7,9H2,1-3H3,(H,20,22)/t16-,17+/m1/s1. The first-order valence-corrected chi connectivity index (χ1v) is 7.44. The lowest BCUT2D eigenvalue weighted by Gasteiger charge is -2.38. The van der Waals surface area contributed by atoms with Crippen LogP contribution in [-0.4, -0.2) is 11.7 Å². The predicted octanol–water partition coefficient (Wildman–Crippen LogP) is 3.69. The zero-order valence-corrected chi connectivity index (χ0v) is 12.9. The number of hydrogen-bond donors (Lipinski definition) is 1. The van der Waals surface area contributed by atoms with Crippen LogP contribution in [0.15, 0.2) is 18.2 Å². The maximum atomic E-state index is 13.8. The van der Waals surface area contributed by atoms with E-state index < -0.39 is 33.8 Å². The second kappa shape index (κ2) is 4.37. The van der Waals surface area contributed by atoms with Gasteiger partial charge in [0.2, 0.25) is 5.91 Å². The molecule has 118 valence electrons. The van der Waals surface area contributed by atoms with E-state index in [0.29, 0.717) is 12.8 Å². The number of amides is 1. The van der Waals surface area contributed by atoms with Crippen LogP contribution in [0.3, 0.4) is 0 Å². The second-order valence-electron chi connectivity index (χ2n) is 7.22. The largest absolute Gasteiger partial charge is 0.323 e. The van der Waals surface area contributed by atoms with Crippen LogP contribution in [0.1, 0.15) is 40.0 Å². The third-order valence-electron chi connectivity index (χ3n) is 6.32. The molecule has 0 aliphatic heterocycles. The third kappa shape index (κ3) is 1.65. The van der Waals surface area contributed by atoms with Gasteiger partial charge in [-0.3, -0.25) is 9.59 Å². The molecular formula is C17H19F2NO2. The summed E-state index contributed by atoms with van der Waals surface area (Å²) in [5, 5.41) is 2.50. The van der Waals surface area contributed by atoms with E-state index in [1.165, 1.54) is 0 Å². The summed E-state index contributed by atoms with van der Waals surface area (Å²) in [6, 6.07) is 2.94. The quantitative estimate of drug-likeness (QED) is 0.905. The van der Waals surface area contributed by atoms with Gasteiger partial charge in [-0.05, 0) is 30.4 Å². The maximum Gasteiger partial charge on any atom is 0.231 e. The van der Waals surface area contributed by atoms with Gasteiger partial charge in [-0.25, -0.2) is 8.78 Å². The van der Waals surface area contributed by atoms with Crippen molar-refractivity contribution in [1.82, 2.24) is 0 Å². The smallest absolute Gasteiger partial charge is 0.231 e. The average molecular weight is 307 g/mol. The summed E-state index contributed by atoms with van der Waals surface area (Å²) in [5.74, 6) is -1.61. The van der Waals surface area contributed by atoms with Crippen molar-refractivity contribution in [3.05, 3.63) is 29.8 Å². The number of ketones is 1. The molecule has 1 aromatic carbocycles. The Hall–Kier alpha value is -1.78. The number of rotatable bonds is 2. The van der Waals surface area contributed by atoms with Crippen LogP contribution in [0.25, 0.3) is 0 Å². The Morgan fingerprint density at radius 3 is 2.41 bits per heavy atom. The number of benzene rings is 1. The number of anilines is 1. The Balaban J connectivity index is 1.96. The Kier molecular flexibility index (Phi) is 3.00. The van der Waals surface area contributed by atoms with Crippen molar-refractivity contribution in [3.63, 3.8) is 0 Å². The number of carbonyl (C=O) groups is 2. The molecule has 0 unspecified atom stereocenters. The van der Waals surface area contributed by atoms with Crippen LogP contribution in [-0.2, 0) is 9.59 Å². The molecule has 22 heavy (non-hydrogen) atoms. The van der Waals surface area contributed by atoms with Crippen LogP contribution < -0.4 is 5.32 Å². The van der Waals surface area contributed by atoms with E-state index >= 15 is 0 Å². The van der Waals surface area contributed by atoms with Gasteiger partial charge in [-0.15, -0.1) is 0 Å². The SMILES string of the molecule is CC1(C)[C@@]2(C(=O)Nc3cc(F)ccc3F)CC[C@]1(C)C(=O)C2. The van der Waals surface area contributed by atoms with Gasteiger partial charge in [-0.2, -0.15) is 0 Å². The second-order valence-corrected chi connectivity index (χ2v) is 7.22. The number of Topliss-reactive ketones (excluding diaryl/α,β-unsaturated/α-hetero) is 1. The van der Waals surface area contributed by atoms with Gasteiger partial charge >= 0.3 is 0 Å². The minimum atomic E-state index is -0.850. The molecule has 2 saturated carbocycles. The highest BCUT2D eigenvalue weighted by Gasteiger charge is 2.72. The molecule has 1 amide bonds. The maximum absolute atomic E-state index is 13.8. The first-order chi connectivity index (χ1) is 10.1. The number of nitrogens with one attached hydrogen (secondary N) is 1. The van der Waals surface area contributed by atoms with Crippen LogP contribution in [0.5, 0.6) is 0 Å². The Bertz CT molecular complexity index is 685. The molecule has 2 aliphatic carbocycles. The summed E-state index contributed by atoms with van der Waals surface area (Å²) in [5.41, 5.74) is -2.06. The fourth-order valence-corrected chi connectivity index (χ4v) is 4.20. The van der Waals surface area contributed by atoms with Crippen molar-refractivity contribution in [3.8, 4) is 0 Å². The van der Waals surface area contributed by atoms with Gasteiger partial charge in [-0.1, -0.05) is 20.8 Å². The van der Waals surface area contributed by atoms with Crippen molar-refractivity contribution in [2.45, 2.75) is 40.0 Å². The lowest BCUT2D eigenvalue weighted by molar-refractivity contribution is -0.131. The molecule has 2 aliphatic rings. The Morgan fingerprint density at radius 2 is 1.86 bits per heavy atom. The summed E-state index contributed by atoms with van der Waals surface area (Å²) in [6.45, 7) is 5.75. The average Bonchev–Trinajstić information content (AvgIpc) is 2.73. The topological polar surface area (TPSA) is 46.2 Å². The normalized spacial score (nSPS) is 32.3. The zero-order chi connectivity index (χ0) is 16.3. The molecule has 0 saturated heterocycles. The summed E-state index contributed by atoms with van der Waals surface area (Å²) < 4.78 is 27.0. The van der Waals surface area contributed by atoms with E-state index in [9.17, 15) is 18.4 Å². The van der Waals surface area contributed by atoms with Gasteiger partial charge in [0.15, 0.2) is 0 Å². The van der Waals surface area contributed by atoms with Crippen molar-refractivity contribution in [2.75, 3.05) is 5.32 Å². The number of fused-ring (bicyclic) bond motifs is 2. The molecule has 3 rings (SSSR count). The number of halogens is 2. The third-order valence-corrected chi connectivity index (χ3v) is 6.32. The van der Waals surface area contributed by atoms with E-state index in [0.717, 1.165) is 18.2 Å². The van der Waals surface area contributed by atoms with E-state index in [-0.39, 0.29) is 17.9 Å². The minimum Gasteiger partial charge on any atom is -0.323 e. The van der Waals surface area contributed by atoms with Gasteiger partial charge in [0.1, 0.15) is 17.4 Å². The molecule has 1 aromatic rings. The van der Waals surface area contributed by atoms with Gasteiger partial charge in [0.05, 0.1) is 11.1 Å². The van der Waals surface area contributed by atoms with Crippen molar-refractivity contribution < 1.29 is 18.4 Å². The van der Waals surface area contributed by atoms with Crippen LogP contribution in [0.4, 0.5) is 14.5 Å². The molecule has 0 spiro atoms. The Morgan fingerprint density at radius 1 is 1.18 bits per heavy atom. The predicted molar refractivity (Wildman–Crippen MR) is 78.2 cm³/mol. The van der Waals surface area contributed by atoms with Gasteiger partial charge in [0, 0.05) is 17.9 Å². The highest BCUT2D eigenvalue weighted by Crippen LogP contribution is 2.70. The molecule has 0 heterocycles. The summed E-state index contributed by atoms with van der Waals surface area (Å²) in [4.78, 5) is 25.2. The lowest BCUT2D eigenvalue weighted by atomic mass is 9.64. The van der Waals surface area contributed by atoms with Crippen molar-refractivity contribution in [2.24, 2.45) is 16.2 Å². The van der Waals surface area contributed by atoms with Crippen molar-refractivity contribution in [1.29, 1.82) is 0 Å². The number of carbonyl (C=O) groups excluding carboxylic acids is 2. The molecule has 2 bridgehead atoms. The van der Waals surface area contributed by atoms with Crippen molar-refractivity contribution >= 4 is 17.4 Å². The van der Waals surface area contributed by atoms with Crippen LogP contribution in [0, 0.1) is 27.9 Å². The minimum absolute atomic E-state index is 0.0821. The van der Waals surface area contributed by atoms with E-state index in [4.69, 9.17) is 0 Å². The molecule has 1 N–H and O–H groups in total. The van der Waals surface area contributed by atoms with Gasteiger partial charge in [0.25, 0.3) is 0 Å².